The highest BCUT2D eigenvalue weighted by Gasteiger charge is 2.41. The van der Waals surface area contributed by atoms with E-state index in [1.165, 1.54) is 30.4 Å². The van der Waals surface area contributed by atoms with Crippen molar-refractivity contribution >= 4 is 0 Å². The molecule has 0 aromatic heterocycles. The maximum Gasteiger partial charge on any atom is 0.0490 e. The van der Waals surface area contributed by atoms with Crippen molar-refractivity contribution in [2.24, 2.45) is 5.41 Å². The summed E-state index contributed by atoms with van der Waals surface area (Å²) in [7, 11) is 0. The number of aliphatic hydroxyl groups excluding tert-OH is 1. The summed E-state index contributed by atoms with van der Waals surface area (Å²) in [4.78, 5) is 0. The average molecular weight is 218 g/mol. The molecule has 0 heterocycles. The molecule has 0 amide bonds. The second kappa shape index (κ2) is 4.58. The van der Waals surface area contributed by atoms with Crippen LogP contribution in [0.15, 0.2) is 24.3 Å². The smallest absolute Gasteiger partial charge is 0.0490 e. The van der Waals surface area contributed by atoms with Crippen LogP contribution in [-0.2, 0) is 6.42 Å². The van der Waals surface area contributed by atoms with Crippen LogP contribution in [0.4, 0.5) is 0 Å². The molecule has 1 aliphatic carbocycles. The van der Waals surface area contributed by atoms with Crippen molar-refractivity contribution in [2.75, 3.05) is 6.61 Å². The largest absolute Gasteiger partial charge is 0.396 e. The van der Waals surface area contributed by atoms with Crippen molar-refractivity contribution in [3.63, 3.8) is 0 Å². The van der Waals surface area contributed by atoms with Crippen LogP contribution < -0.4 is 0 Å². The minimum absolute atomic E-state index is 0.234. The van der Waals surface area contributed by atoms with Crippen molar-refractivity contribution < 1.29 is 5.11 Å². The number of benzene rings is 1. The fourth-order valence-corrected chi connectivity index (χ4v) is 2.20. The van der Waals surface area contributed by atoms with E-state index >= 15 is 0 Å². The predicted molar refractivity (Wildman–Crippen MR) is 67.6 cm³/mol. The molecule has 1 aromatic carbocycles. The Balaban J connectivity index is 2.02. The van der Waals surface area contributed by atoms with Crippen LogP contribution in [0.2, 0.25) is 0 Å². The van der Waals surface area contributed by atoms with Gasteiger partial charge in [-0.3, -0.25) is 0 Å². The molecule has 1 N–H and O–H groups in total. The highest BCUT2D eigenvalue weighted by Crippen LogP contribution is 2.47. The molecule has 1 aromatic rings. The monoisotopic (exact) mass is 218 g/mol. The Labute approximate surface area is 98.5 Å². The molecule has 1 nitrogen and oxygen atoms in total. The number of hydrogen-bond donors (Lipinski definition) is 1. The van der Waals surface area contributed by atoms with E-state index in [0.717, 1.165) is 6.42 Å². The summed E-state index contributed by atoms with van der Waals surface area (Å²) in [6.45, 7) is 4.84. The normalized spacial score (nSPS) is 19.4. The van der Waals surface area contributed by atoms with E-state index < -0.39 is 0 Å². The Hall–Kier alpha value is -0.820. The van der Waals surface area contributed by atoms with Crippen LogP contribution in [0.1, 0.15) is 50.2 Å². The first-order chi connectivity index (χ1) is 7.69. The predicted octanol–water partition coefficient (Wildman–Crippen LogP) is 3.52. The maximum absolute atomic E-state index is 9.30. The molecule has 0 aliphatic heterocycles. The van der Waals surface area contributed by atoms with Crippen LogP contribution in [0.3, 0.4) is 0 Å². The lowest BCUT2D eigenvalue weighted by atomic mass is 9.93. The Morgan fingerprint density at radius 2 is 1.88 bits per heavy atom. The molecular formula is C15H22O. The molecule has 2 rings (SSSR count). The Kier molecular flexibility index (Phi) is 3.34. The maximum atomic E-state index is 9.30. The number of aliphatic hydroxyl groups is 1. The van der Waals surface area contributed by atoms with Crippen molar-refractivity contribution in [1.82, 2.24) is 0 Å². The van der Waals surface area contributed by atoms with Crippen molar-refractivity contribution in [1.29, 1.82) is 0 Å². The van der Waals surface area contributed by atoms with Crippen LogP contribution >= 0.6 is 0 Å². The molecule has 1 aliphatic rings. The van der Waals surface area contributed by atoms with Gasteiger partial charge in [0.1, 0.15) is 0 Å². The molecule has 0 saturated heterocycles. The summed E-state index contributed by atoms with van der Waals surface area (Å²) in [6.07, 6.45) is 4.62. The number of hydrogen-bond acceptors (Lipinski definition) is 1. The standard InChI is InChI=1S/C15H22O/c1-3-12(2)14-6-4-13(5-7-14)10-15(11-16)8-9-15/h4-7,12,16H,3,8-11H2,1-2H3. The third-order valence-corrected chi connectivity index (χ3v) is 4.03. The lowest BCUT2D eigenvalue weighted by Crippen LogP contribution is -2.10. The van der Waals surface area contributed by atoms with Crippen molar-refractivity contribution in [3.05, 3.63) is 35.4 Å². The summed E-state index contributed by atoms with van der Waals surface area (Å²) < 4.78 is 0. The first-order valence-corrected chi connectivity index (χ1v) is 6.39. The minimum Gasteiger partial charge on any atom is -0.396 e. The van der Waals surface area contributed by atoms with E-state index in [1.54, 1.807) is 0 Å². The van der Waals surface area contributed by atoms with E-state index in [1.807, 2.05) is 0 Å². The van der Waals surface area contributed by atoms with Gasteiger partial charge in [0.05, 0.1) is 0 Å². The summed E-state index contributed by atoms with van der Waals surface area (Å²) in [5, 5.41) is 9.30. The number of rotatable bonds is 5. The summed E-state index contributed by atoms with van der Waals surface area (Å²) in [6, 6.07) is 8.96. The molecule has 1 saturated carbocycles. The van der Waals surface area contributed by atoms with Gasteiger partial charge in [-0.25, -0.2) is 0 Å². The summed E-state index contributed by atoms with van der Waals surface area (Å²) in [5.41, 5.74) is 3.04. The zero-order valence-electron chi connectivity index (χ0n) is 10.4. The molecule has 1 fully saturated rings. The lowest BCUT2D eigenvalue weighted by molar-refractivity contribution is 0.211. The average Bonchev–Trinajstić information content (AvgIpc) is 3.09. The Bertz CT molecular complexity index is 335. The van der Waals surface area contributed by atoms with Gasteiger partial charge in [-0.2, -0.15) is 0 Å². The molecule has 0 spiro atoms. The van der Waals surface area contributed by atoms with E-state index in [0.29, 0.717) is 12.5 Å². The molecule has 1 heteroatoms. The van der Waals surface area contributed by atoms with Gasteiger partial charge in [-0.05, 0) is 48.1 Å². The highest BCUT2D eigenvalue weighted by atomic mass is 16.3. The Morgan fingerprint density at radius 1 is 1.25 bits per heavy atom. The van der Waals surface area contributed by atoms with Gasteiger partial charge < -0.3 is 5.11 Å². The van der Waals surface area contributed by atoms with E-state index in [-0.39, 0.29) is 5.41 Å². The van der Waals surface area contributed by atoms with Gasteiger partial charge >= 0.3 is 0 Å². The fourth-order valence-electron chi connectivity index (χ4n) is 2.20. The zero-order chi connectivity index (χ0) is 11.6. The quantitative estimate of drug-likeness (QED) is 0.801. The molecular weight excluding hydrogens is 196 g/mol. The molecule has 1 unspecified atom stereocenters. The molecule has 1 atom stereocenters. The van der Waals surface area contributed by atoms with Crippen LogP contribution in [-0.4, -0.2) is 11.7 Å². The van der Waals surface area contributed by atoms with Crippen molar-refractivity contribution in [3.8, 4) is 0 Å². The lowest BCUT2D eigenvalue weighted by Gasteiger charge is -2.13. The van der Waals surface area contributed by atoms with E-state index in [9.17, 15) is 5.11 Å². The van der Waals surface area contributed by atoms with Gasteiger partial charge in [-0.1, -0.05) is 38.1 Å². The van der Waals surface area contributed by atoms with Crippen LogP contribution in [0, 0.1) is 5.41 Å². The third-order valence-electron chi connectivity index (χ3n) is 4.03. The van der Waals surface area contributed by atoms with Gasteiger partial charge in [0.25, 0.3) is 0 Å². The molecule has 16 heavy (non-hydrogen) atoms. The molecule has 0 bridgehead atoms. The summed E-state index contributed by atoms with van der Waals surface area (Å²) in [5.74, 6) is 0.654. The van der Waals surface area contributed by atoms with Crippen LogP contribution in [0.5, 0.6) is 0 Å². The SMILES string of the molecule is CCC(C)c1ccc(CC2(CO)CC2)cc1. The zero-order valence-corrected chi connectivity index (χ0v) is 10.4. The Morgan fingerprint density at radius 3 is 2.31 bits per heavy atom. The van der Waals surface area contributed by atoms with Crippen LogP contribution in [0.25, 0.3) is 0 Å². The van der Waals surface area contributed by atoms with Gasteiger partial charge in [0, 0.05) is 6.61 Å². The highest BCUT2D eigenvalue weighted by molar-refractivity contribution is 5.26. The minimum atomic E-state index is 0.234. The first-order valence-electron chi connectivity index (χ1n) is 6.39. The van der Waals surface area contributed by atoms with Gasteiger partial charge in [-0.15, -0.1) is 0 Å². The topological polar surface area (TPSA) is 20.2 Å². The van der Waals surface area contributed by atoms with E-state index in [2.05, 4.69) is 38.1 Å². The fraction of sp³-hybridized carbons (Fsp3) is 0.600. The molecule has 0 radical (unpaired) electrons. The first kappa shape index (κ1) is 11.7. The van der Waals surface area contributed by atoms with Gasteiger partial charge in [0.15, 0.2) is 0 Å². The summed E-state index contributed by atoms with van der Waals surface area (Å²) >= 11 is 0. The second-order valence-electron chi connectivity index (χ2n) is 5.39. The van der Waals surface area contributed by atoms with E-state index in [4.69, 9.17) is 0 Å². The van der Waals surface area contributed by atoms with Gasteiger partial charge in [0.2, 0.25) is 0 Å². The second-order valence-corrected chi connectivity index (χ2v) is 5.39. The van der Waals surface area contributed by atoms with Crippen molar-refractivity contribution in [2.45, 2.75) is 45.4 Å². The molecule has 88 valence electrons. The third kappa shape index (κ3) is 2.46.